The monoisotopic (exact) mass is 309 g/mol. The molecule has 0 aromatic carbocycles. The molecule has 2 atom stereocenters. The first-order chi connectivity index (χ1) is 8.62. The number of hydrogen-bond acceptors (Lipinski definition) is 5. The van der Waals surface area contributed by atoms with E-state index in [1.807, 2.05) is 0 Å². The van der Waals surface area contributed by atoms with Crippen LogP contribution in [0.1, 0.15) is 13.3 Å². The quantitative estimate of drug-likeness (QED) is 0.647. The highest BCUT2D eigenvalue weighted by atomic mass is 32.2. The number of rotatable bonds is 5. The number of nitrogens with zero attached hydrogens (tertiary/aromatic N) is 1. The molecule has 7 nitrogen and oxygen atoms in total. The van der Waals surface area contributed by atoms with Gasteiger partial charge in [0.25, 0.3) is 0 Å². The molecule has 0 saturated carbocycles. The number of sulfonamides is 1. The van der Waals surface area contributed by atoms with Gasteiger partial charge in [-0.25, -0.2) is 16.8 Å². The van der Waals surface area contributed by atoms with Crippen LogP contribution in [0.4, 0.5) is 0 Å². The minimum Gasteiger partial charge on any atom is -0.480 e. The molecule has 0 bridgehead atoms. The molecule has 0 spiro atoms. The zero-order valence-corrected chi connectivity index (χ0v) is 11.9. The zero-order chi connectivity index (χ0) is 14.8. The van der Waals surface area contributed by atoms with Crippen molar-refractivity contribution in [2.24, 2.45) is 0 Å². The second-order valence-corrected chi connectivity index (χ2v) is 8.77. The molecule has 1 heterocycles. The van der Waals surface area contributed by atoms with E-state index >= 15 is 0 Å². The molecule has 0 aromatic rings. The Hall–Kier alpha value is -1.11. The molecule has 0 amide bonds. The lowest BCUT2D eigenvalue weighted by molar-refractivity contribution is -0.136. The molecule has 1 N–H and O–H groups in total. The van der Waals surface area contributed by atoms with E-state index in [0.717, 1.165) is 11.2 Å². The van der Waals surface area contributed by atoms with Crippen LogP contribution in [0.25, 0.3) is 0 Å². The zero-order valence-electron chi connectivity index (χ0n) is 10.3. The molecule has 1 fully saturated rings. The number of carboxylic acid groups (broad SMARTS) is 1. The number of aliphatic carboxylic acids is 1. The van der Waals surface area contributed by atoms with Crippen LogP contribution in [0.5, 0.6) is 0 Å². The lowest BCUT2D eigenvalue weighted by Gasteiger charge is -2.27. The van der Waals surface area contributed by atoms with Crippen LogP contribution in [0.15, 0.2) is 0 Å². The van der Waals surface area contributed by atoms with Crippen LogP contribution in [0.3, 0.4) is 0 Å². The summed E-state index contributed by atoms with van der Waals surface area (Å²) in [5, 5.41) is 7.14. The molecule has 2 unspecified atom stereocenters. The van der Waals surface area contributed by atoms with Crippen LogP contribution in [-0.2, 0) is 24.7 Å². The van der Waals surface area contributed by atoms with Crippen molar-refractivity contribution >= 4 is 25.8 Å². The molecule has 0 radical (unpaired) electrons. The fourth-order valence-corrected chi connectivity index (χ4v) is 5.19. The lowest BCUT2D eigenvalue weighted by atomic mass is 10.3. The summed E-state index contributed by atoms with van der Waals surface area (Å²) >= 11 is 0. The molecular formula is C10H15NO6S2. The summed E-state index contributed by atoms with van der Waals surface area (Å²) in [6, 6.07) is -0.784. The van der Waals surface area contributed by atoms with E-state index in [-0.39, 0.29) is 24.5 Å². The Bertz CT molecular complexity index is 600. The number of carbonyl (C=O) groups is 1. The van der Waals surface area contributed by atoms with E-state index < -0.39 is 37.1 Å². The van der Waals surface area contributed by atoms with Crippen molar-refractivity contribution in [3.05, 3.63) is 0 Å². The Balaban J connectivity index is 3.09. The minimum absolute atomic E-state index is 0.115. The van der Waals surface area contributed by atoms with Crippen LogP contribution in [0.2, 0.25) is 0 Å². The highest BCUT2D eigenvalue weighted by Crippen LogP contribution is 2.22. The van der Waals surface area contributed by atoms with Gasteiger partial charge in [-0.2, -0.15) is 4.31 Å². The Morgan fingerprint density at radius 3 is 2.53 bits per heavy atom. The molecule has 1 saturated heterocycles. The molecule has 1 aliphatic rings. The fraction of sp³-hybridized carbons (Fsp3) is 0.700. The second kappa shape index (κ2) is 5.48. The van der Waals surface area contributed by atoms with Crippen LogP contribution in [0, 0.1) is 12.3 Å². The molecule has 1 rings (SSSR count). The first kappa shape index (κ1) is 15.9. The van der Waals surface area contributed by atoms with Crippen molar-refractivity contribution in [2.45, 2.75) is 24.6 Å². The summed E-state index contributed by atoms with van der Waals surface area (Å²) in [5.41, 5.74) is 0. The van der Waals surface area contributed by atoms with Gasteiger partial charge in [-0.3, -0.25) is 4.79 Å². The molecule has 0 aromatic heterocycles. The van der Waals surface area contributed by atoms with Gasteiger partial charge in [-0.1, -0.05) is 5.92 Å². The van der Waals surface area contributed by atoms with Crippen LogP contribution in [-0.4, -0.2) is 61.6 Å². The van der Waals surface area contributed by atoms with Gasteiger partial charge in [0.05, 0.1) is 18.1 Å². The molecular weight excluding hydrogens is 294 g/mol. The first-order valence-electron chi connectivity index (χ1n) is 5.49. The van der Waals surface area contributed by atoms with Gasteiger partial charge in [0.15, 0.2) is 15.1 Å². The Kier molecular flexibility index (Phi) is 4.60. The fourth-order valence-electron chi connectivity index (χ4n) is 1.85. The minimum atomic E-state index is -4.17. The van der Waals surface area contributed by atoms with Gasteiger partial charge in [0, 0.05) is 6.04 Å². The molecule has 108 valence electrons. The van der Waals surface area contributed by atoms with E-state index in [9.17, 15) is 21.6 Å². The van der Waals surface area contributed by atoms with Crippen molar-refractivity contribution in [1.29, 1.82) is 0 Å². The molecule has 0 aliphatic carbocycles. The summed E-state index contributed by atoms with van der Waals surface area (Å²) in [6.07, 6.45) is 5.22. The third-order valence-electron chi connectivity index (χ3n) is 2.98. The summed E-state index contributed by atoms with van der Waals surface area (Å²) in [4.78, 5) is 10.8. The first-order valence-corrected chi connectivity index (χ1v) is 8.81. The predicted octanol–water partition coefficient (Wildman–Crippen LogP) is -1.09. The van der Waals surface area contributed by atoms with E-state index in [1.54, 1.807) is 0 Å². The van der Waals surface area contributed by atoms with Gasteiger partial charge in [-0.15, -0.1) is 6.42 Å². The van der Waals surface area contributed by atoms with E-state index in [4.69, 9.17) is 11.5 Å². The van der Waals surface area contributed by atoms with Crippen molar-refractivity contribution in [2.75, 3.05) is 18.1 Å². The maximum atomic E-state index is 12.1. The van der Waals surface area contributed by atoms with Gasteiger partial charge < -0.3 is 5.11 Å². The van der Waals surface area contributed by atoms with Crippen LogP contribution < -0.4 is 0 Å². The van der Waals surface area contributed by atoms with E-state index in [0.29, 0.717) is 0 Å². The molecule has 9 heteroatoms. The number of terminal acetylenes is 1. The van der Waals surface area contributed by atoms with Crippen molar-refractivity contribution in [3.8, 4) is 12.3 Å². The third kappa shape index (κ3) is 3.46. The van der Waals surface area contributed by atoms with Crippen molar-refractivity contribution < 1.29 is 26.7 Å². The average molecular weight is 309 g/mol. The van der Waals surface area contributed by atoms with E-state index in [2.05, 4.69) is 5.92 Å². The Morgan fingerprint density at radius 2 is 2.16 bits per heavy atom. The number of hydrogen-bond donors (Lipinski definition) is 1. The Labute approximate surface area is 112 Å². The summed E-state index contributed by atoms with van der Waals surface area (Å²) in [5.74, 6) is 0.199. The predicted molar refractivity (Wildman–Crippen MR) is 68.6 cm³/mol. The normalized spacial score (nSPS) is 23.9. The maximum absolute atomic E-state index is 12.1. The third-order valence-corrected chi connectivity index (χ3v) is 6.91. The van der Waals surface area contributed by atoms with Gasteiger partial charge in [-0.05, 0) is 13.3 Å². The summed E-state index contributed by atoms with van der Waals surface area (Å²) in [6.45, 7) is 0.699. The highest BCUT2D eigenvalue weighted by molar-refractivity contribution is 7.92. The summed E-state index contributed by atoms with van der Waals surface area (Å²) in [7, 11) is -7.46. The largest absolute Gasteiger partial charge is 0.480 e. The summed E-state index contributed by atoms with van der Waals surface area (Å²) < 4.78 is 47.8. The van der Waals surface area contributed by atoms with E-state index in [1.165, 1.54) is 0 Å². The van der Waals surface area contributed by atoms with Crippen molar-refractivity contribution in [1.82, 2.24) is 4.31 Å². The number of carboxylic acids is 1. The highest BCUT2D eigenvalue weighted by Gasteiger charge is 2.41. The standard InChI is InChI=1S/C10H15NO6S2/c1-3-5-11(9-4-6-18(14,15)7-9)19(16,17)8(2)10(12)13/h1,8-9H,4-7H2,2H3,(H,12,13). The molecule has 19 heavy (non-hydrogen) atoms. The topological polar surface area (TPSA) is 109 Å². The van der Waals surface area contributed by atoms with Gasteiger partial charge in [0.2, 0.25) is 10.0 Å². The Morgan fingerprint density at radius 1 is 1.58 bits per heavy atom. The maximum Gasteiger partial charge on any atom is 0.323 e. The number of sulfone groups is 1. The van der Waals surface area contributed by atoms with Gasteiger partial charge in [0.1, 0.15) is 0 Å². The van der Waals surface area contributed by atoms with Crippen LogP contribution >= 0.6 is 0 Å². The van der Waals surface area contributed by atoms with Gasteiger partial charge >= 0.3 is 5.97 Å². The average Bonchev–Trinajstić information content (AvgIpc) is 2.64. The smallest absolute Gasteiger partial charge is 0.323 e. The molecule has 1 aliphatic heterocycles. The SMILES string of the molecule is C#CCN(C1CCS(=O)(=O)C1)S(=O)(=O)C(C)C(=O)O. The van der Waals surface area contributed by atoms with Crippen molar-refractivity contribution in [3.63, 3.8) is 0 Å². The second-order valence-electron chi connectivity index (χ2n) is 4.33. The lowest BCUT2D eigenvalue weighted by Crippen LogP contribution is -2.47.